The Morgan fingerprint density at radius 3 is 2.65 bits per heavy atom. The van der Waals surface area contributed by atoms with Crippen LogP contribution in [0.2, 0.25) is 0 Å². The third-order valence-electron chi connectivity index (χ3n) is 7.06. The molecular weight excluding hydrogens is 402 g/mol. The highest BCUT2D eigenvalue weighted by atomic mass is 16.7. The van der Waals surface area contributed by atoms with E-state index in [9.17, 15) is 20.4 Å². The zero-order valence-corrected chi connectivity index (χ0v) is 18.3. The molecule has 0 amide bonds. The van der Waals surface area contributed by atoms with Crippen molar-refractivity contribution in [1.29, 1.82) is 0 Å². The first-order chi connectivity index (χ1) is 15.0. The minimum Gasteiger partial charge on any atom is -0.493 e. The van der Waals surface area contributed by atoms with Crippen LogP contribution in [0.1, 0.15) is 37.3 Å². The van der Waals surface area contributed by atoms with Gasteiger partial charge < -0.3 is 34.6 Å². The van der Waals surface area contributed by atoms with Crippen molar-refractivity contribution in [3.63, 3.8) is 0 Å². The number of piperidine rings is 1. The molecule has 31 heavy (non-hydrogen) atoms. The number of hydrogen-bond donors (Lipinski definition) is 4. The lowest BCUT2D eigenvalue weighted by molar-refractivity contribution is -0.277. The Hall–Kier alpha value is -1.42. The van der Waals surface area contributed by atoms with E-state index in [2.05, 4.69) is 17.9 Å². The van der Waals surface area contributed by atoms with Gasteiger partial charge in [0, 0.05) is 11.6 Å². The lowest BCUT2D eigenvalue weighted by Crippen LogP contribution is -2.60. The predicted molar refractivity (Wildman–Crippen MR) is 113 cm³/mol. The molecule has 1 aromatic rings. The number of hydrogen-bond acceptors (Lipinski definition) is 8. The minimum absolute atomic E-state index is 0.494. The van der Waals surface area contributed by atoms with Crippen LogP contribution in [0.3, 0.4) is 0 Å². The normalized spacial score (nSPS) is 35.9. The van der Waals surface area contributed by atoms with Gasteiger partial charge in [-0.1, -0.05) is 13.0 Å². The van der Waals surface area contributed by atoms with Crippen LogP contribution >= 0.6 is 0 Å². The van der Waals surface area contributed by atoms with Crippen LogP contribution < -0.4 is 9.47 Å². The first-order valence-corrected chi connectivity index (χ1v) is 11.4. The number of fused-ring (bicyclic) bond motifs is 2. The van der Waals surface area contributed by atoms with E-state index in [1.165, 1.54) is 18.4 Å². The van der Waals surface area contributed by atoms with Gasteiger partial charge in [-0.15, -0.1) is 0 Å². The van der Waals surface area contributed by atoms with Crippen molar-refractivity contribution in [2.75, 3.05) is 26.8 Å². The molecule has 4 rings (SSSR count). The van der Waals surface area contributed by atoms with Gasteiger partial charge in [-0.25, -0.2) is 0 Å². The molecule has 0 spiro atoms. The second kappa shape index (κ2) is 9.60. The van der Waals surface area contributed by atoms with Crippen LogP contribution in [-0.2, 0) is 17.6 Å². The lowest BCUT2D eigenvalue weighted by atomic mass is 9.75. The number of aliphatic hydroxyl groups is 4. The molecule has 2 fully saturated rings. The van der Waals surface area contributed by atoms with E-state index in [1.807, 2.05) is 6.07 Å². The molecule has 0 radical (unpaired) electrons. The van der Waals surface area contributed by atoms with Gasteiger partial charge in [-0.3, -0.25) is 4.90 Å². The number of benzene rings is 1. The third-order valence-corrected chi connectivity index (χ3v) is 7.06. The van der Waals surface area contributed by atoms with E-state index in [-0.39, 0.29) is 0 Å². The summed E-state index contributed by atoms with van der Waals surface area (Å²) in [6.45, 7) is 3.99. The molecule has 0 aromatic heterocycles. The maximum Gasteiger partial charge on any atom is 0.229 e. The molecule has 3 aliphatic rings. The number of rotatable bonds is 6. The Balaban J connectivity index is 1.63. The highest BCUT2D eigenvalue weighted by Gasteiger charge is 2.45. The highest BCUT2D eigenvalue weighted by molar-refractivity contribution is 5.52. The van der Waals surface area contributed by atoms with Gasteiger partial charge in [0.25, 0.3) is 0 Å². The SMILES string of the molecule is CCCN1CCC[C@@H]2Cc3c(ccc(OC)c3OC3O[C@H](CO)[C@@H](O)[C@H](O)[C@H]3O)C[C@H]21. The number of likely N-dealkylation sites (tertiary alicyclic amines) is 1. The zero-order chi connectivity index (χ0) is 22.1. The van der Waals surface area contributed by atoms with E-state index in [0.29, 0.717) is 23.5 Å². The lowest BCUT2D eigenvalue weighted by Gasteiger charge is -2.45. The van der Waals surface area contributed by atoms with Crippen LogP contribution in [0, 0.1) is 5.92 Å². The fourth-order valence-corrected chi connectivity index (χ4v) is 5.43. The zero-order valence-electron chi connectivity index (χ0n) is 18.3. The van der Waals surface area contributed by atoms with Crippen molar-refractivity contribution in [2.45, 2.75) is 75.8 Å². The average Bonchev–Trinajstić information content (AvgIpc) is 2.78. The number of methoxy groups -OCH3 is 1. The fourth-order valence-electron chi connectivity index (χ4n) is 5.43. The Labute approximate surface area is 183 Å². The smallest absolute Gasteiger partial charge is 0.229 e. The molecule has 0 bridgehead atoms. The summed E-state index contributed by atoms with van der Waals surface area (Å²) in [6.07, 6.45) is -1.31. The molecule has 1 unspecified atom stereocenters. The molecular formula is C23H35NO7. The Morgan fingerprint density at radius 2 is 1.94 bits per heavy atom. The quantitative estimate of drug-likeness (QED) is 0.508. The molecule has 1 aromatic carbocycles. The fraction of sp³-hybridized carbons (Fsp3) is 0.739. The topological polar surface area (TPSA) is 112 Å². The van der Waals surface area contributed by atoms with Gasteiger partial charge >= 0.3 is 0 Å². The summed E-state index contributed by atoms with van der Waals surface area (Å²) in [7, 11) is 1.57. The van der Waals surface area contributed by atoms with Crippen LogP contribution in [0.5, 0.6) is 11.5 Å². The van der Waals surface area contributed by atoms with E-state index in [4.69, 9.17) is 14.2 Å². The minimum atomic E-state index is -1.48. The van der Waals surface area contributed by atoms with Crippen molar-refractivity contribution in [2.24, 2.45) is 5.92 Å². The number of nitrogens with zero attached hydrogens (tertiary/aromatic N) is 1. The Kier molecular flexibility index (Phi) is 7.05. The molecule has 7 atom stereocenters. The first kappa shape index (κ1) is 22.8. The standard InChI is InChI=1S/C23H35NO7/c1-3-8-24-9-4-5-14-10-15-13(11-16(14)24)6-7-17(29-2)22(15)31-23-21(28)20(27)19(26)18(12-25)30-23/h6-7,14,16,18-21,23,25-28H,3-5,8-12H2,1-2H3/t14-,16-,18-,19-,20+,21-,23?/m1/s1. The highest BCUT2D eigenvalue weighted by Crippen LogP contribution is 2.43. The molecule has 8 nitrogen and oxygen atoms in total. The monoisotopic (exact) mass is 437 g/mol. The third kappa shape index (κ3) is 4.29. The van der Waals surface area contributed by atoms with Gasteiger partial charge in [0.15, 0.2) is 11.5 Å². The van der Waals surface area contributed by atoms with Gasteiger partial charge in [0.05, 0.1) is 13.7 Å². The summed E-state index contributed by atoms with van der Waals surface area (Å²) in [4.78, 5) is 2.61. The van der Waals surface area contributed by atoms with Gasteiger partial charge in [-0.05, 0) is 62.7 Å². The van der Waals surface area contributed by atoms with E-state index >= 15 is 0 Å². The Morgan fingerprint density at radius 1 is 1.13 bits per heavy atom. The predicted octanol–water partition coefficient (Wildman–Crippen LogP) is 0.463. The molecule has 4 N–H and O–H groups in total. The summed E-state index contributed by atoms with van der Waals surface area (Å²) < 4.78 is 17.2. The molecule has 8 heteroatoms. The van der Waals surface area contributed by atoms with Crippen LogP contribution in [0.4, 0.5) is 0 Å². The summed E-state index contributed by atoms with van der Waals surface area (Å²) in [5, 5.41) is 40.1. The van der Waals surface area contributed by atoms with Crippen LogP contribution in [0.25, 0.3) is 0 Å². The van der Waals surface area contributed by atoms with E-state index < -0.39 is 37.3 Å². The number of aliphatic hydroxyl groups excluding tert-OH is 4. The molecule has 174 valence electrons. The van der Waals surface area contributed by atoms with Crippen LogP contribution in [-0.4, -0.2) is 88.9 Å². The molecule has 2 aliphatic heterocycles. The maximum atomic E-state index is 10.4. The van der Waals surface area contributed by atoms with E-state index in [0.717, 1.165) is 37.9 Å². The van der Waals surface area contributed by atoms with Crippen molar-refractivity contribution < 1.29 is 34.6 Å². The molecule has 2 saturated heterocycles. The summed E-state index contributed by atoms with van der Waals surface area (Å²) >= 11 is 0. The summed E-state index contributed by atoms with van der Waals surface area (Å²) in [5.41, 5.74) is 2.25. The molecule has 2 heterocycles. The summed E-state index contributed by atoms with van der Waals surface area (Å²) in [5.74, 6) is 1.57. The van der Waals surface area contributed by atoms with Crippen molar-refractivity contribution in [3.8, 4) is 11.5 Å². The van der Waals surface area contributed by atoms with Crippen LogP contribution in [0.15, 0.2) is 12.1 Å². The average molecular weight is 438 g/mol. The van der Waals surface area contributed by atoms with Gasteiger partial charge in [0.2, 0.25) is 6.29 Å². The first-order valence-electron chi connectivity index (χ1n) is 11.4. The van der Waals surface area contributed by atoms with Gasteiger partial charge in [0.1, 0.15) is 24.4 Å². The molecule has 1 aliphatic carbocycles. The Bertz CT molecular complexity index is 756. The largest absolute Gasteiger partial charge is 0.493 e. The van der Waals surface area contributed by atoms with Crippen molar-refractivity contribution >= 4 is 0 Å². The second-order valence-electron chi connectivity index (χ2n) is 8.96. The van der Waals surface area contributed by atoms with E-state index in [1.54, 1.807) is 7.11 Å². The number of ether oxygens (including phenoxy) is 3. The second-order valence-corrected chi connectivity index (χ2v) is 8.96. The maximum absolute atomic E-state index is 10.4. The van der Waals surface area contributed by atoms with Gasteiger partial charge in [-0.2, -0.15) is 0 Å². The molecule has 0 saturated carbocycles. The summed E-state index contributed by atoms with van der Waals surface area (Å²) in [6, 6.07) is 4.48. The van der Waals surface area contributed by atoms with Crippen molar-refractivity contribution in [3.05, 3.63) is 23.3 Å². The van der Waals surface area contributed by atoms with Crippen molar-refractivity contribution in [1.82, 2.24) is 4.90 Å².